The Morgan fingerprint density at radius 3 is 2.24 bits per heavy atom. The summed E-state index contributed by atoms with van der Waals surface area (Å²) in [5.74, 6) is -2.28. The van der Waals surface area contributed by atoms with Gasteiger partial charge in [0.15, 0.2) is 0 Å². The maximum absolute atomic E-state index is 11.4. The summed E-state index contributed by atoms with van der Waals surface area (Å²) in [5, 5.41) is 8.70. The van der Waals surface area contributed by atoms with Gasteiger partial charge in [-0.25, -0.2) is 4.72 Å². The highest BCUT2D eigenvalue weighted by molar-refractivity contribution is 7.87. The fourth-order valence-electron chi connectivity index (χ4n) is 0.886. The average molecular weight is 267 g/mol. The minimum absolute atomic E-state index is 0.0750. The normalized spacial score (nSPS) is 13.6. The zero-order chi connectivity index (χ0) is 13.6. The summed E-state index contributed by atoms with van der Waals surface area (Å²) >= 11 is 0. The molecule has 0 saturated carbocycles. The number of carboxylic acids is 1. The Labute approximate surface area is 99.7 Å². The highest BCUT2D eigenvalue weighted by Gasteiger charge is 2.25. The molecule has 0 heterocycles. The molecular weight excluding hydrogens is 250 g/mol. The van der Waals surface area contributed by atoms with Gasteiger partial charge in [-0.05, 0) is 5.92 Å². The third-order valence-corrected chi connectivity index (χ3v) is 2.82. The van der Waals surface area contributed by atoms with Gasteiger partial charge in [0.1, 0.15) is 6.04 Å². The largest absolute Gasteiger partial charge is 0.480 e. The summed E-state index contributed by atoms with van der Waals surface area (Å²) in [7, 11) is -3.96. The van der Waals surface area contributed by atoms with Crippen LogP contribution in [-0.2, 0) is 19.8 Å². The average Bonchev–Trinajstić information content (AvgIpc) is 2.12. The zero-order valence-corrected chi connectivity index (χ0v) is 10.5. The van der Waals surface area contributed by atoms with Crippen LogP contribution in [0.1, 0.15) is 20.3 Å². The summed E-state index contributed by atoms with van der Waals surface area (Å²) in [5.41, 5.74) is 4.81. The quantitative estimate of drug-likeness (QED) is 0.419. The fourth-order valence-corrected chi connectivity index (χ4v) is 2.08. The Balaban J connectivity index is 4.53. The number of hydrogen-bond donors (Lipinski definition) is 4. The molecule has 1 atom stereocenters. The summed E-state index contributed by atoms with van der Waals surface area (Å²) in [6.07, 6.45) is -0.599. The van der Waals surface area contributed by atoms with Crippen LogP contribution in [0.5, 0.6) is 0 Å². The van der Waals surface area contributed by atoms with Crippen LogP contribution >= 0.6 is 0 Å². The van der Waals surface area contributed by atoms with Gasteiger partial charge in [-0.1, -0.05) is 13.8 Å². The highest BCUT2D eigenvalue weighted by atomic mass is 32.2. The summed E-state index contributed by atoms with van der Waals surface area (Å²) < 4.78 is 26.8. The van der Waals surface area contributed by atoms with Crippen molar-refractivity contribution in [2.24, 2.45) is 11.7 Å². The molecule has 0 rings (SSSR count). The van der Waals surface area contributed by atoms with E-state index in [-0.39, 0.29) is 12.5 Å². The number of carbonyl (C=O) groups is 2. The van der Waals surface area contributed by atoms with E-state index in [4.69, 9.17) is 10.8 Å². The Hall–Kier alpha value is -1.19. The van der Waals surface area contributed by atoms with Gasteiger partial charge in [-0.2, -0.15) is 13.1 Å². The maximum Gasteiger partial charge on any atom is 0.322 e. The number of nitrogens with two attached hydrogens (primary N) is 1. The first-order chi connectivity index (χ1) is 7.64. The van der Waals surface area contributed by atoms with Crippen molar-refractivity contribution in [3.8, 4) is 0 Å². The zero-order valence-electron chi connectivity index (χ0n) is 9.63. The summed E-state index contributed by atoms with van der Waals surface area (Å²) in [6, 6.07) is -1.56. The molecule has 0 aromatic rings. The van der Waals surface area contributed by atoms with Crippen molar-refractivity contribution in [1.29, 1.82) is 0 Å². The lowest BCUT2D eigenvalue weighted by Crippen LogP contribution is -2.48. The lowest BCUT2D eigenvalue weighted by Gasteiger charge is -2.14. The molecule has 0 bridgehead atoms. The smallest absolute Gasteiger partial charge is 0.322 e. The molecule has 9 heteroatoms. The molecule has 0 aliphatic carbocycles. The molecule has 0 aliphatic heterocycles. The van der Waals surface area contributed by atoms with Gasteiger partial charge >= 0.3 is 5.97 Å². The van der Waals surface area contributed by atoms with E-state index in [1.54, 1.807) is 13.8 Å². The number of amides is 1. The molecule has 0 aromatic heterocycles. The number of carbonyl (C=O) groups excluding carboxylic acids is 1. The van der Waals surface area contributed by atoms with Crippen molar-refractivity contribution in [1.82, 2.24) is 9.44 Å². The van der Waals surface area contributed by atoms with Crippen LogP contribution in [0.2, 0.25) is 0 Å². The van der Waals surface area contributed by atoms with E-state index in [2.05, 4.69) is 4.72 Å². The van der Waals surface area contributed by atoms with E-state index in [1.807, 2.05) is 4.72 Å². The number of hydrogen-bond acceptors (Lipinski definition) is 4. The first-order valence-corrected chi connectivity index (χ1v) is 6.40. The minimum atomic E-state index is -3.96. The van der Waals surface area contributed by atoms with E-state index in [0.29, 0.717) is 0 Å². The van der Waals surface area contributed by atoms with Crippen LogP contribution in [0, 0.1) is 5.92 Å². The van der Waals surface area contributed by atoms with Gasteiger partial charge in [-0.15, -0.1) is 0 Å². The molecule has 0 aliphatic rings. The molecule has 1 amide bonds. The number of rotatable bonds is 8. The van der Waals surface area contributed by atoms with Crippen LogP contribution < -0.4 is 15.2 Å². The van der Waals surface area contributed by atoms with Crippen molar-refractivity contribution in [2.75, 3.05) is 6.54 Å². The molecule has 0 fully saturated rings. The molecular formula is C8H17N3O5S. The first-order valence-electron chi connectivity index (χ1n) is 4.92. The Bertz CT molecular complexity index is 379. The second-order valence-corrected chi connectivity index (χ2v) is 5.46. The van der Waals surface area contributed by atoms with Crippen molar-refractivity contribution >= 4 is 22.1 Å². The summed E-state index contributed by atoms with van der Waals surface area (Å²) in [6.45, 7) is 3.75. The molecule has 1 unspecified atom stereocenters. The first kappa shape index (κ1) is 15.8. The van der Waals surface area contributed by atoms with Crippen molar-refractivity contribution in [3.05, 3.63) is 0 Å². The molecule has 17 heavy (non-hydrogen) atoms. The number of aliphatic carboxylic acids is 1. The molecule has 0 aromatic carbocycles. The lowest BCUT2D eigenvalue weighted by atomic mass is 10.2. The van der Waals surface area contributed by atoms with Gasteiger partial charge in [0.05, 0.1) is 6.42 Å². The Morgan fingerprint density at radius 1 is 1.35 bits per heavy atom. The van der Waals surface area contributed by atoms with Crippen LogP contribution in [0.3, 0.4) is 0 Å². The van der Waals surface area contributed by atoms with Gasteiger partial charge < -0.3 is 10.8 Å². The van der Waals surface area contributed by atoms with Crippen molar-refractivity contribution in [3.63, 3.8) is 0 Å². The number of primary amides is 1. The molecule has 8 nitrogen and oxygen atoms in total. The molecule has 5 N–H and O–H groups in total. The van der Waals surface area contributed by atoms with Gasteiger partial charge in [-0.3, -0.25) is 9.59 Å². The molecule has 0 saturated heterocycles. The van der Waals surface area contributed by atoms with E-state index in [9.17, 15) is 18.0 Å². The van der Waals surface area contributed by atoms with E-state index >= 15 is 0 Å². The van der Waals surface area contributed by atoms with E-state index in [0.717, 1.165) is 0 Å². The number of carboxylic acid groups (broad SMARTS) is 1. The SMILES string of the molecule is CC(C)CNS(=O)(=O)NC(CC(N)=O)C(=O)O. The van der Waals surface area contributed by atoms with Gasteiger partial charge in [0.2, 0.25) is 5.91 Å². The highest BCUT2D eigenvalue weighted by Crippen LogP contribution is 1.95. The maximum atomic E-state index is 11.4. The lowest BCUT2D eigenvalue weighted by molar-refractivity contribution is -0.140. The topological polar surface area (TPSA) is 139 Å². The second-order valence-electron chi connectivity index (χ2n) is 3.92. The Morgan fingerprint density at radius 2 is 1.88 bits per heavy atom. The number of nitrogens with one attached hydrogen (secondary N) is 2. The van der Waals surface area contributed by atoms with Crippen LogP contribution in [0.15, 0.2) is 0 Å². The van der Waals surface area contributed by atoms with E-state index < -0.39 is 34.5 Å². The predicted molar refractivity (Wildman–Crippen MR) is 60.1 cm³/mol. The third kappa shape index (κ3) is 7.66. The monoisotopic (exact) mass is 267 g/mol. The standard InChI is InChI=1S/C8H17N3O5S/c1-5(2)4-10-17(15,16)11-6(8(13)14)3-7(9)12/h5-6,10-11H,3-4H2,1-2H3,(H2,9,12)(H,13,14). The fraction of sp³-hybridized carbons (Fsp3) is 0.750. The summed E-state index contributed by atoms with van der Waals surface area (Å²) in [4.78, 5) is 21.3. The van der Waals surface area contributed by atoms with Crippen LogP contribution in [0.4, 0.5) is 0 Å². The minimum Gasteiger partial charge on any atom is -0.480 e. The molecule has 100 valence electrons. The van der Waals surface area contributed by atoms with Crippen molar-refractivity contribution in [2.45, 2.75) is 26.3 Å². The van der Waals surface area contributed by atoms with E-state index in [1.165, 1.54) is 0 Å². The second kappa shape index (κ2) is 6.52. The molecule has 0 radical (unpaired) electrons. The van der Waals surface area contributed by atoms with Crippen LogP contribution in [-0.4, -0.2) is 38.0 Å². The van der Waals surface area contributed by atoms with Gasteiger partial charge in [0.25, 0.3) is 10.2 Å². The van der Waals surface area contributed by atoms with Crippen molar-refractivity contribution < 1.29 is 23.1 Å². The predicted octanol–water partition coefficient (Wildman–Crippen LogP) is -1.60. The third-order valence-electron chi connectivity index (χ3n) is 1.68. The Kier molecular flexibility index (Phi) is 6.07. The van der Waals surface area contributed by atoms with Gasteiger partial charge in [0, 0.05) is 6.54 Å². The van der Waals surface area contributed by atoms with Crippen LogP contribution in [0.25, 0.3) is 0 Å². The molecule has 0 spiro atoms.